The van der Waals surface area contributed by atoms with E-state index in [1.165, 1.54) is 27.0 Å². The first kappa shape index (κ1) is 49.6. The van der Waals surface area contributed by atoms with Gasteiger partial charge in [0, 0.05) is 30.0 Å². The van der Waals surface area contributed by atoms with E-state index >= 15 is 0 Å². The summed E-state index contributed by atoms with van der Waals surface area (Å²) in [6, 6.07) is -5.58. The molecule has 24 heteroatoms. The van der Waals surface area contributed by atoms with Crippen LogP contribution in [0, 0.1) is 5.92 Å². The van der Waals surface area contributed by atoms with E-state index in [0.29, 0.717) is 21.4 Å². The molecule has 23 nitrogen and oxygen atoms in total. The average Bonchev–Trinajstić information content (AvgIpc) is 3.74. The lowest BCUT2D eigenvalue weighted by Crippen LogP contribution is -2.63. The second-order valence-electron chi connectivity index (χ2n) is 15.9. The fourth-order valence-electron chi connectivity index (χ4n) is 7.16. The first-order chi connectivity index (χ1) is 29.1. The number of aliphatic hydroxyl groups is 7. The largest absolute Gasteiger partial charge is 0.394 e. The van der Waals surface area contributed by atoms with Crippen LogP contribution in [0.1, 0.15) is 39.7 Å². The van der Waals surface area contributed by atoms with Crippen molar-refractivity contribution in [1.29, 1.82) is 0 Å². The molecular weight excluding hydrogens is 841 g/mol. The summed E-state index contributed by atoms with van der Waals surface area (Å²) in [4.78, 5) is 101. The molecule has 4 rings (SSSR count). The molecule has 2 aromatic rings. The molecule has 14 N–H and O–H groups in total. The number of nitrogens with zero attached hydrogens (tertiary/aromatic N) is 1. The Bertz CT molecular complexity index is 2030. The molecular formula is C38H56N8O15S. The van der Waals surface area contributed by atoms with Crippen LogP contribution in [0.5, 0.6) is 0 Å². The Kier molecular flexibility index (Phi) is 16.7. The summed E-state index contributed by atoms with van der Waals surface area (Å²) in [5, 5.41) is 87.8. The number of rotatable bonds is 10. The third kappa shape index (κ3) is 11.3. The number of amides is 7. The molecule has 0 spiro atoms. The fraction of sp³-hybridized carbons (Fsp3) is 0.605. The highest BCUT2D eigenvalue weighted by Gasteiger charge is 2.49. The second kappa shape index (κ2) is 20.9. The van der Waals surface area contributed by atoms with Gasteiger partial charge in [0.15, 0.2) is 0 Å². The summed E-state index contributed by atoms with van der Waals surface area (Å²) in [6.45, 7) is 1.28. The smallest absolute Gasteiger partial charge is 0.248 e. The van der Waals surface area contributed by atoms with Gasteiger partial charge in [-0.1, -0.05) is 32.0 Å². The summed E-state index contributed by atoms with van der Waals surface area (Å²) < 4.78 is 12.9. The van der Waals surface area contributed by atoms with Crippen molar-refractivity contribution in [1.82, 2.24) is 41.8 Å². The molecule has 0 radical (unpaired) electrons. The molecule has 3 heterocycles. The molecule has 2 aliphatic heterocycles. The highest BCUT2D eigenvalue weighted by atomic mass is 32.2. The number of aliphatic hydroxyl groups excluding tert-OH is 6. The quantitative estimate of drug-likeness (QED) is 0.105. The number of hydrogen-bond acceptors (Lipinski definition) is 15. The molecule has 11 unspecified atom stereocenters. The maximum absolute atomic E-state index is 14.4. The average molecular weight is 897 g/mol. The van der Waals surface area contributed by atoms with Crippen LogP contribution in [-0.2, 0) is 50.8 Å². The zero-order chi connectivity index (χ0) is 46.4. The fourth-order valence-corrected chi connectivity index (χ4v) is 7.96. The minimum atomic E-state index is -2.40. The zero-order valence-electron chi connectivity index (χ0n) is 34.7. The van der Waals surface area contributed by atoms with Crippen molar-refractivity contribution in [2.24, 2.45) is 5.92 Å². The number of nitrogens with one attached hydrogen (secondary N) is 7. The second-order valence-corrected chi connectivity index (χ2v) is 17.2. The maximum atomic E-state index is 14.4. The minimum Gasteiger partial charge on any atom is -0.394 e. The van der Waals surface area contributed by atoms with Gasteiger partial charge in [0.2, 0.25) is 41.4 Å². The van der Waals surface area contributed by atoms with Crippen LogP contribution >= 0.6 is 0 Å². The van der Waals surface area contributed by atoms with Gasteiger partial charge in [0.1, 0.15) is 59.0 Å². The van der Waals surface area contributed by atoms with Crippen LogP contribution in [0.4, 0.5) is 0 Å². The monoisotopic (exact) mass is 896 g/mol. The van der Waals surface area contributed by atoms with E-state index in [4.69, 9.17) is 0 Å². The number of carbonyl (C=O) groups excluding carboxylic acids is 7. The van der Waals surface area contributed by atoms with Crippen molar-refractivity contribution in [3.8, 4) is 0 Å². The van der Waals surface area contributed by atoms with Crippen LogP contribution in [0.3, 0.4) is 0 Å². The van der Waals surface area contributed by atoms with Gasteiger partial charge in [-0.3, -0.25) is 37.8 Å². The molecule has 0 aliphatic carbocycles. The van der Waals surface area contributed by atoms with Crippen LogP contribution in [0.25, 0.3) is 10.9 Å². The summed E-state index contributed by atoms with van der Waals surface area (Å²) in [5.41, 5.74) is -1.58. The molecule has 2 aliphatic rings. The topological polar surface area (TPSA) is 369 Å². The molecule has 11 atom stereocenters. The van der Waals surface area contributed by atoms with E-state index < -0.39 is 163 Å². The Hall–Kier alpha value is -5.08. The van der Waals surface area contributed by atoms with E-state index in [9.17, 15) is 73.5 Å². The number of aromatic nitrogens is 1. The van der Waals surface area contributed by atoms with E-state index in [2.05, 4.69) is 36.9 Å². The van der Waals surface area contributed by atoms with Crippen molar-refractivity contribution < 1.29 is 73.5 Å². The Morgan fingerprint density at radius 1 is 0.774 bits per heavy atom. The molecule has 1 aromatic carbocycles. The number of aromatic amines is 1. The van der Waals surface area contributed by atoms with Crippen LogP contribution in [0.15, 0.2) is 29.3 Å². The summed E-state index contributed by atoms with van der Waals surface area (Å²) in [6.07, 6.45) is -5.22. The predicted octanol–water partition coefficient (Wildman–Crippen LogP) is -6.54. The highest BCUT2D eigenvalue weighted by Crippen LogP contribution is 2.27. The summed E-state index contributed by atoms with van der Waals surface area (Å²) in [7, 11) is -1.69. The van der Waals surface area contributed by atoms with Crippen molar-refractivity contribution in [2.75, 3.05) is 32.6 Å². The molecule has 1 aromatic heterocycles. The van der Waals surface area contributed by atoms with E-state index in [1.807, 2.05) is 0 Å². The molecule has 2 saturated heterocycles. The van der Waals surface area contributed by atoms with Crippen LogP contribution < -0.4 is 31.9 Å². The molecule has 344 valence electrons. The van der Waals surface area contributed by atoms with Crippen molar-refractivity contribution >= 4 is 63.1 Å². The molecule has 62 heavy (non-hydrogen) atoms. The molecule has 2 fully saturated rings. The van der Waals surface area contributed by atoms with E-state index in [1.54, 1.807) is 24.3 Å². The maximum Gasteiger partial charge on any atom is 0.248 e. The standard InChI is InChI=1S/C38H56N8O15S/c1-16(2)26-33(56)45-27(18(4)50)34(57)42-24(13-47)37(59)46-12-25(51)29(52)28(46)35(58)39-17(3)30(53)40-22(10-20-19-8-6-7-9-21(19)43-36(20)62(5)61)31(54)41-23(32(55)44-26)11-38(60,14-48)15-49/h6-9,16-18,22-29,43,47-52,60H,10-15H2,1-5H3,(H,39,58)(H,40,53)(H,41,54)(H,42,57)(H,44,55)(H,45,56). The molecule has 0 bridgehead atoms. The van der Waals surface area contributed by atoms with Gasteiger partial charge in [-0.15, -0.1) is 0 Å². The number of carbonyl (C=O) groups is 7. The predicted molar refractivity (Wildman–Crippen MR) is 216 cm³/mol. The first-order valence-corrected chi connectivity index (χ1v) is 21.3. The normalized spacial score (nSPS) is 28.8. The van der Waals surface area contributed by atoms with Gasteiger partial charge in [-0.05, 0) is 31.4 Å². The Labute approximate surface area is 357 Å². The van der Waals surface area contributed by atoms with E-state index in [-0.39, 0.29) is 5.03 Å². The van der Waals surface area contributed by atoms with Gasteiger partial charge in [-0.2, -0.15) is 0 Å². The Morgan fingerprint density at radius 2 is 1.34 bits per heavy atom. The third-order valence-corrected chi connectivity index (χ3v) is 11.7. The Morgan fingerprint density at radius 3 is 1.92 bits per heavy atom. The molecule has 7 amide bonds. The van der Waals surface area contributed by atoms with Gasteiger partial charge < -0.3 is 77.5 Å². The van der Waals surface area contributed by atoms with Gasteiger partial charge in [0.05, 0.1) is 49.4 Å². The van der Waals surface area contributed by atoms with Crippen molar-refractivity contribution in [2.45, 2.75) is 112 Å². The summed E-state index contributed by atoms with van der Waals surface area (Å²) in [5.74, 6) is -8.75. The Balaban J connectivity index is 1.86. The zero-order valence-corrected chi connectivity index (χ0v) is 35.5. The minimum absolute atomic E-state index is 0.176. The highest BCUT2D eigenvalue weighted by molar-refractivity contribution is 7.84. The van der Waals surface area contributed by atoms with Gasteiger partial charge >= 0.3 is 0 Å². The number of para-hydroxylation sites is 1. The lowest BCUT2D eigenvalue weighted by Gasteiger charge is -2.32. The SMILES string of the molecule is CC1NC(=O)C2C(O)C(O)CN2C(=O)C(CO)NC(=O)C(C(C)O)NC(=O)C(C(C)C)NC(=O)C(CC(O)(CO)CO)NC(=O)C(Cc2c(S(C)=O)[nH]c3ccccc23)NC1=O. The van der Waals surface area contributed by atoms with Crippen molar-refractivity contribution in [3.63, 3.8) is 0 Å². The lowest BCUT2D eigenvalue weighted by atomic mass is 9.94. The van der Waals surface area contributed by atoms with Crippen LogP contribution in [0.2, 0.25) is 0 Å². The lowest BCUT2D eigenvalue weighted by molar-refractivity contribution is -0.145. The summed E-state index contributed by atoms with van der Waals surface area (Å²) >= 11 is 0. The first-order valence-electron chi connectivity index (χ1n) is 19.7. The number of H-pyrrole nitrogens is 1. The number of fused-ring (bicyclic) bond motifs is 2. The van der Waals surface area contributed by atoms with Gasteiger partial charge in [0.25, 0.3) is 0 Å². The third-order valence-electron chi connectivity index (χ3n) is 10.8. The number of benzene rings is 1. The van der Waals surface area contributed by atoms with Crippen molar-refractivity contribution in [3.05, 3.63) is 29.8 Å². The molecule has 0 saturated carbocycles. The van der Waals surface area contributed by atoms with Crippen LogP contribution in [-0.4, -0.2) is 190 Å². The number of hydrogen-bond donors (Lipinski definition) is 14. The van der Waals surface area contributed by atoms with E-state index in [0.717, 1.165) is 6.92 Å². The van der Waals surface area contributed by atoms with Gasteiger partial charge in [-0.25, -0.2) is 0 Å².